The van der Waals surface area contributed by atoms with Crippen LogP contribution in [0.25, 0.3) is 10.9 Å². The number of fused-ring (bicyclic) bond motifs is 1. The van der Waals surface area contributed by atoms with E-state index >= 15 is 0 Å². The lowest BCUT2D eigenvalue weighted by atomic mass is 10.3. The maximum absolute atomic E-state index is 10.8. The van der Waals surface area contributed by atoms with Gasteiger partial charge in [-0.3, -0.25) is 9.55 Å². The Bertz CT molecular complexity index is 433. The number of amides is 1. The normalized spacial score (nSPS) is 10.3. The standard InChI is InChI=1S/C8H7N3O/c9-8(12)11-4-2-6-1-3-10-5-7(6)11/h1-5H,(H2,9,12). The van der Waals surface area contributed by atoms with E-state index in [1.807, 2.05) is 12.1 Å². The van der Waals surface area contributed by atoms with E-state index in [-0.39, 0.29) is 0 Å². The summed E-state index contributed by atoms with van der Waals surface area (Å²) in [5.74, 6) is 0. The SMILES string of the molecule is NC(=O)n1ccc2ccncc21. The molecule has 12 heavy (non-hydrogen) atoms. The Morgan fingerprint density at radius 1 is 1.50 bits per heavy atom. The van der Waals surface area contributed by atoms with Gasteiger partial charge >= 0.3 is 6.03 Å². The summed E-state index contributed by atoms with van der Waals surface area (Å²) in [6.45, 7) is 0. The van der Waals surface area contributed by atoms with Crippen LogP contribution >= 0.6 is 0 Å². The van der Waals surface area contributed by atoms with Crippen molar-refractivity contribution in [1.82, 2.24) is 9.55 Å². The maximum atomic E-state index is 10.8. The first kappa shape index (κ1) is 6.84. The molecule has 4 nitrogen and oxygen atoms in total. The van der Waals surface area contributed by atoms with Crippen LogP contribution < -0.4 is 5.73 Å². The zero-order chi connectivity index (χ0) is 8.55. The summed E-state index contributed by atoms with van der Waals surface area (Å²) in [5.41, 5.74) is 5.86. The fraction of sp³-hybridized carbons (Fsp3) is 0. The van der Waals surface area contributed by atoms with E-state index in [2.05, 4.69) is 4.98 Å². The fourth-order valence-electron chi connectivity index (χ4n) is 1.17. The molecule has 2 aromatic heterocycles. The lowest BCUT2D eigenvalue weighted by Gasteiger charge is -1.96. The van der Waals surface area contributed by atoms with Gasteiger partial charge in [-0.15, -0.1) is 0 Å². The predicted molar refractivity (Wildman–Crippen MR) is 44.7 cm³/mol. The van der Waals surface area contributed by atoms with E-state index in [4.69, 9.17) is 5.73 Å². The maximum Gasteiger partial charge on any atom is 0.323 e. The minimum absolute atomic E-state index is 0.488. The van der Waals surface area contributed by atoms with E-state index < -0.39 is 6.03 Å². The summed E-state index contributed by atoms with van der Waals surface area (Å²) in [6, 6.07) is 3.16. The molecule has 0 spiro atoms. The Morgan fingerprint density at radius 2 is 2.33 bits per heavy atom. The number of carbonyl (C=O) groups is 1. The van der Waals surface area contributed by atoms with Gasteiger partial charge in [0.2, 0.25) is 0 Å². The first-order valence-corrected chi connectivity index (χ1v) is 3.50. The number of nitrogens with two attached hydrogens (primary N) is 1. The number of carbonyl (C=O) groups excluding carboxylic acids is 1. The van der Waals surface area contributed by atoms with Crippen molar-refractivity contribution < 1.29 is 4.79 Å². The minimum atomic E-state index is -0.488. The summed E-state index contributed by atoms with van der Waals surface area (Å²) < 4.78 is 1.36. The molecule has 0 aromatic carbocycles. The Balaban J connectivity index is 2.79. The van der Waals surface area contributed by atoms with Crippen LogP contribution in [0.2, 0.25) is 0 Å². The minimum Gasteiger partial charge on any atom is -0.351 e. The molecule has 0 fully saturated rings. The molecule has 2 rings (SSSR count). The fourth-order valence-corrected chi connectivity index (χ4v) is 1.17. The van der Waals surface area contributed by atoms with Crippen molar-refractivity contribution in [3.63, 3.8) is 0 Å². The number of hydrogen-bond donors (Lipinski definition) is 1. The van der Waals surface area contributed by atoms with E-state index in [1.165, 1.54) is 4.57 Å². The predicted octanol–water partition coefficient (Wildman–Crippen LogP) is 0.963. The number of rotatable bonds is 0. The third-order valence-corrected chi connectivity index (χ3v) is 1.73. The van der Waals surface area contributed by atoms with Gasteiger partial charge in [0.15, 0.2) is 0 Å². The molecule has 2 aromatic rings. The highest BCUT2D eigenvalue weighted by molar-refractivity contribution is 5.90. The van der Waals surface area contributed by atoms with Gasteiger partial charge in [0.05, 0.1) is 11.7 Å². The van der Waals surface area contributed by atoms with Gasteiger partial charge in [0, 0.05) is 17.8 Å². The molecule has 0 saturated carbocycles. The first-order valence-electron chi connectivity index (χ1n) is 3.50. The van der Waals surface area contributed by atoms with Crippen LogP contribution in [0.1, 0.15) is 0 Å². The van der Waals surface area contributed by atoms with Crippen LogP contribution in [-0.2, 0) is 0 Å². The highest BCUT2D eigenvalue weighted by atomic mass is 16.2. The highest BCUT2D eigenvalue weighted by Gasteiger charge is 2.02. The second-order valence-corrected chi connectivity index (χ2v) is 2.46. The summed E-state index contributed by atoms with van der Waals surface area (Å²) >= 11 is 0. The molecule has 0 unspecified atom stereocenters. The van der Waals surface area contributed by atoms with Crippen molar-refractivity contribution in [2.75, 3.05) is 0 Å². The lowest BCUT2D eigenvalue weighted by molar-refractivity contribution is 0.251. The molecule has 60 valence electrons. The van der Waals surface area contributed by atoms with E-state index in [0.717, 1.165) is 10.9 Å². The number of pyridine rings is 1. The van der Waals surface area contributed by atoms with Crippen LogP contribution in [0.15, 0.2) is 30.7 Å². The van der Waals surface area contributed by atoms with Gasteiger partial charge in [0.25, 0.3) is 0 Å². The number of aromatic nitrogens is 2. The Hall–Kier alpha value is -1.84. The van der Waals surface area contributed by atoms with Crippen LogP contribution in [-0.4, -0.2) is 15.6 Å². The number of nitrogens with zero attached hydrogens (tertiary/aromatic N) is 2. The van der Waals surface area contributed by atoms with Gasteiger partial charge in [-0.05, 0) is 12.1 Å². The Labute approximate surface area is 68.6 Å². The number of primary amides is 1. The van der Waals surface area contributed by atoms with Crippen LogP contribution in [0.5, 0.6) is 0 Å². The molecule has 1 amide bonds. The van der Waals surface area contributed by atoms with Crippen molar-refractivity contribution in [2.24, 2.45) is 5.73 Å². The van der Waals surface area contributed by atoms with Crippen molar-refractivity contribution >= 4 is 16.9 Å². The first-order chi connectivity index (χ1) is 5.79. The monoisotopic (exact) mass is 161 g/mol. The van der Waals surface area contributed by atoms with Gasteiger partial charge in [-0.25, -0.2) is 4.79 Å². The van der Waals surface area contributed by atoms with E-state index in [1.54, 1.807) is 18.6 Å². The lowest BCUT2D eigenvalue weighted by Crippen LogP contribution is -2.18. The topological polar surface area (TPSA) is 60.9 Å². The third-order valence-electron chi connectivity index (χ3n) is 1.73. The van der Waals surface area contributed by atoms with Crippen LogP contribution in [0, 0.1) is 0 Å². The van der Waals surface area contributed by atoms with Crippen LogP contribution in [0.4, 0.5) is 4.79 Å². The quantitative estimate of drug-likeness (QED) is 0.625. The average Bonchev–Trinajstić information content (AvgIpc) is 2.47. The molecule has 0 bridgehead atoms. The second kappa shape index (κ2) is 2.34. The zero-order valence-electron chi connectivity index (χ0n) is 6.27. The van der Waals surface area contributed by atoms with E-state index in [0.29, 0.717) is 0 Å². The largest absolute Gasteiger partial charge is 0.351 e. The molecule has 0 aliphatic heterocycles. The third kappa shape index (κ3) is 0.852. The smallest absolute Gasteiger partial charge is 0.323 e. The molecule has 0 radical (unpaired) electrons. The zero-order valence-corrected chi connectivity index (χ0v) is 6.27. The van der Waals surface area contributed by atoms with Gasteiger partial charge in [-0.2, -0.15) is 0 Å². The van der Waals surface area contributed by atoms with Crippen molar-refractivity contribution in [3.05, 3.63) is 30.7 Å². The van der Waals surface area contributed by atoms with Crippen molar-refractivity contribution in [3.8, 4) is 0 Å². The van der Waals surface area contributed by atoms with Gasteiger partial charge in [0.1, 0.15) is 0 Å². The van der Waals surface area contributed by atoms with Gasteiger partial charge in [-0.1, -0.05) is 0 Å². The summed E-state index contributed by atoms with van der Waals surface area (Å²) in [6.07, 6.45) is 4.92. The molecule has 0 aliphatic carbocycles. The molecule has 0 aliphatic rings. The van der Waals surface area contributed by atoms with Crippen molar-refractivity contribution in [2.45, 2.75) is 0 Å². The molecule has 4 heteroatoms. The van der Waals surface area contributed by atoms with Crippen molar-refractivity contribution in [1.29, 1.82) is 0 Å². The molecule has 2 heterocycles. The molecular formula is C8H7N3O. The Kier molecular flexibility index (Phi) is 1.33. The Morgan fingerprint density at radius 3 is 3.08 bits per heavy atom. The average molecular weight is 161 g/mol. The van der Waals surface area contributed by atoms with Crippen LogP contribution in [0.3, 0.4) is 0 Å². The summed E-state index contributed by atoms with van der Waals surface area (Å²) in [4.78, 5) is 14.7. The molecule has 0 atom stereocenters. The molecular weight excluding hydrogens is 154 g/mol. The van der Waals surface area contributed by atoms with Gasteiger partial charge < -0.3 is 5.73 Å². The number of hydrogen-bond acceptors (Lipinski definition) is 2. The second-order valence-electron chi connectivity index (χ2n) is 2.46. The summed E-state index contributed by atoms with van der Waals surface area (Å²) in [7, 11) is 0. The molecule has 2 N–H and O–H groups in total. The van der Waals surface area contributed by atoms with E-state index in [9.17, 15) is 4.79 Å². The highest BCUT2D eigenvalue weighted by Crippen LogP contribution is 2.12. The summed E-state index contributed by atoms with van der Waals surface area (Å²) in [5, 5.41) is 0.962. The molecule has 0 saturated heterocycles.